The molecule has 0 atom stereocenters. The first-order valence-electron chi connectivity index (χ1n) is 5.16. The van der Waals surface area contributed by atoms with Crippen molar-refractivity contribution < 1.29 is 0 Å². The normalized spacial score (nSPS) is 18.5. The third-order valence-corrected chi connectivity index (χ3v) is 4.93. The summed E-state index contributed by atoms with van der Waals surface area (Å²) in [4.78, 5) is 10.7. The van der Waals surface area contributed by atoms with E-state index in [4.69, 9.17) is 0 Å². The van der Waals surface area contributed by atoms with Gasteiger partial charge in [-0.05, 0) is 14.0 Å². The van der Waals surface area contributed by atoms with Gasteiger partial charge in [0.05, 0.1) is 5.69 Å². The molecule has 1 saturated heterocycles. The summed E-state index contributed by atoms with van der Waals surface area (Å²) in [7, 11) is 2.17. The quantitative estimate of drug-likeness (QED) is 0.778. The highest BCUT2D eigenvalue weighted by molar-refractivity contribution is 9.08. The lowest BCUT2D eigenvalue weighted by molar-refractivity contribution is 0.312. The first-order chi connectivity index (χ1) is 7.20. The van der Waals surface area contributed by atoms with E-state index < -0.39 is 0 Å². The summed E-state index contributed by atoms with van der Waals surface area (Å²) in [5.74, 6) is 0. The van der Waals surface area contributed by atoms with E-state index in [0.29, 0.717) is 0 Å². The maximum atomic E-state index is 4.63. The molecule has 0 aromatic carbocycles. The molecular weight excluding hydrogens is 274 g/mol. The van der Waals surface area contributed by atoms with E-state index in [1.165, 1.54) is 15.7 Å². The topological polar surface area (TPSA) is 19.4 Å². The van der Waals surface area contributed by atoms with Crippen LogP contribution in [0.1, 0.15) is 10.6 Å². The molecule has 5 heteroatoms. The fourth-order valence-corrected chi connectivity index (χ4v) is 3.38. The summed E-state index contributed by atoms with van der Waals surface area (Å²) in [6, 6.07) is 0. The second-order valence-corrected chi connectivity index (χ2v) is 5.55. The Hall–Kier alpha value is -0.130. The molecule has 0 N–H and O–H groups in total. The molecule has 0 amide bonds. The molecule has 0 unspecified atom stereocenters. The van der Waals surface area contributed by atoms with Gasteiger partial charge in [0.25, 0.3) is 0 Å². The summed E-state index contributed by atoms with van der Waals surface area (Å²) in [6.45, 7) is 6.58. The van der Waals surface area contributed by atoms with Crippen molar-refractivity contribution in [3.05, 3.63) is 10.6 Å². The van der Waals surface area contributed by atoms with Crippen LogP contribution >= 0.6 is 27.3 Å². The molecule has 0 saturated carbocycles. The molecule has 0 radical (unpaired) electrons. The summed E-state index contributed by atoms with van der Waals surface area (Å²) >= 11 is 5.32. The van der Waals surface area contributed by atoms with Crippen molar-refractivity contribution in [2.75, 3.05) is 38.1 Å². The first kappa shape index (κ1) is 11.4. The fraction of sp³-hybridized carbons (Fsp3) is 0.700. The molecule has 1 aromatic heterocycles. The average molecular weight is 290 g/mol. The lowest BCUT2D eigenvalue weighted by atomic mass is 10.3. The number of anilines is 1. The van der Waals surface area contributed by atoms with Crippen LogP contribution in [-0.4, -0.2) is 43.1 Å². The van der Waals surface area contributed by atoms with Crippen molar-refractivity contribution >= 4 is 32.4 Å². The van der Waals surface area contributed by atoms with E-state index in [1.54, 1.807) is 0 Å². The molecule has 1 aromatic rings. The highest BCUT2D eigenvalue weighted by atomic mass is 79.9. The van der Waals surface area contributed by atoms with Crippen LogP contribution in [0.15, 0.2) is 0 Å². The number of aromatic nitrogens is 1. The largest absolute Gasteiger partial charge is 0.346 e. The molecule has 15 heavy (non-hydrogen) atoms. The van der Waals surface area contributed by atoms with Crippen molar-refractivity contribution in [1.82, 2.24) is 9.88 Å². The van der Waals surface area contributed by atoms with Gasteiger partial charge in [0, 0.05) is 36.4 Å². The summed E-state index contributed by atoms with van der Waals surface area (Å²) in [6.07, 6.45) is 0. The Morgan fingerprint density at radius 2 is 2.00 bits per heavy atom. The lowest BCUT2D eigenvalue weighted by Gasteiger charge is -2.32. The number of thiazole rings is 1. The van der Waals surface area contributed by atoms with Crippen LogP contribution in [0.25, 0.3) is 0 Å². The fourth-order valence-electron chi connectivity index (χ4n) is 1.67. The predicted octanol–water partition coefficient (Wildman–Crippen LogP) is 2.10. The zero-order valence-electron chi connectivity index (χ0n) is 9.16. The maximum absolute atomic E-state index is 4.63. The van der Waals surface area contributed by atoms with E-state index in [2.05, 4.69) is 44.7 Å². The van der Waals surface area contributed by atoms with Gasteiger partial charge >= 0.3 is 0 Å². The smallest absolute Gasteiger partial charge is 0.185 e. The summed E-state index contributed by atoms with van der Waals surface area (Å²) in [5, 5.41) is 2.11. The third-order valence-electron chi connectivity index (χ3n) is 2.78. The number of hydrogen-bond donors (Lipinski definition) is 0. The number of alkyl halides is 1. The van der Waals surface area contributed by atoms with Gasteiger partial charge in [0.15, 0.2) is 5.13 Å². The van der Waals surface area contributed by atoms with Crippen molar-refractivity contribution in [2.24, 2.45) is 0 Å². The van der Waals surface area contributed by atoms with Crippen molar-refractivity contribution in [3.8, 4) is 0 Å². The minimum absolute atomic E-state index is 0.921. The van der Waals surface area contributed by atoms with E-state index in [-0.39, 0.29) is 0 Å². The van der Waals surface area contributed by atoms with Crippen LogP contribution in [0.5, 0.6) is 0 Å². The lowest BCUT2D eigenvalue weighted by Crippen LogP contribution is -2.44. The first-order valence-corrected chi connectivity index (χ1v) is 7.10. The van der Waals surface area contributed by atoms with Crippen LogP contribution in [0.4, 0.5) is 5.13 Å². The number of nitrogens with zero attached hydrogens (tertiary/aromatic N) is 3. The van der Waals surface area contributed by atoms with Gasteiger partial charge in [0.2, 0.25) is 0 Å². The SMILES string of the molecule is Cc1nc(N2CCN(C)CC2)sc1CBr. The Labute approximate surface area is 103 Å². The zero-order valence-corrected chi connectivity index (χ0v) is 11.6. The second-order valence-electron chi connectivity index (χ2n) is 3.93. The molecule has 1 aliphatic rings. The van der Waals surface area contributed by atoms with Crippen LogP contribution in [0, 0.1) is 6.92 Å². The summed E-state index contributed by atoms with van der Waals surface area (Å²) < 4.78 is 0. The van der Waals surface area contributed by atoms with Crippen LogP contribution in [0.3, 0.4) is 0 Å². The number of piperazine rings is 1. The molecule has 2 rings (SSSR count). The van der Waals surface area contributed by atoms with Gasteiger partial charge < -0.3 is 9.80 Å². The van der Waals surface area contributed by atoms with E-state index in [1.807, 2.05) is 11.3 Å². The average Bonchev–Trinajstić information content (AvgIpc) is 2.61. The van der Waals surface area contributed by atoms with Crippen LogP contribution in [-0.2, 0) is 5.33 Å². The van der Waals surface area contributed by atoms with Gasteiger partial charge in [-0.1, -0.05) is 15.9 Å². The van der Waals surface area contributed by atoms with Crippen LogP contribution in [0.2, 0.25) is 0 Å². The second kappa shape index (κ2) is 4.80. The van der Waals surface area contributed by atoms with E-state index in [9.17, 15) is 0 Å². The molecule has 1 fully saturated rings. The van der Waals surface area contributed by atoms with Gasteiger partial charge in [-0.2, -0.15) is 0 Å². The minimum atomic E-state index is 0.921. The molecule has 0 aliphatic carbocycles. The molecule has 2 heterocycles. The van der Waals surface area contributed by atoms with Gasteiger partial charge in [-0.25, -0.2) is 4.98 Å². The molecule has 1 aliphatic heterocycles. The molecule has 0 spiro atoms. The minimum Gasteiger partial charge on any atom is -0.346 e. The monoisotopic (exact) mass is 289 g/mol. The Balaban J connectivity index is 2.09. The highest BCUT2D eigenvalue weighted by Gasteiger charge is 2.18. The Bertz CT molecular complexity index is 331. The Kier molecular flexibility index (Phi) is 3.64. The van der Waals surface area contributed by atoms with Crippen molar-refractivity contribution in [3.63, 3.8) is 0 Å². The van der Waals surface area contributed by atoms with Gasteiger partial charge in [0.1, 0.15) is 0 Å². The van der Waals surface area contributed by atoms with Crippen LogP contribution < -0.4 is 4.90 Å². The number of hydrogen-bond acceptors (Lipinski definition) is 4. The molecule has 0 bridgehead atoms. The Morgan fingerprint density at radius 3 is 2.53 bits per heavy atom. The third kappa shape index (κ3) is 2.52. The van der Waals surface area contributed by atoms with Gasteiger partial charge in [-0.3, -0.25) is 0 Å². The van der Waals surface area contributed by atoms with Crippen molar-refractivity contribution in [2.45, 2.75) is 12.3 Å². The highest BCUT2D eigenvalue weighted by Crippen LogP contribution is 2.28. The zero-order chi connectivity index (χ0) is 10.8. The molecule has 3 nitrogen and oxygen atoms in total. The summed E-state index contributed by atoms with van der Waals surface area (Å²) in [5.41, 5.74) is 1.17. The predicted molar refractivity (Wildman–Crippen MR) is 69.2 cm³/mol. The van der Waals surface area contributed by atoms with E-state index in [0.717, 1.165) is 31.5 Å². The number of aryl methyl sites for hydroxylation is 1. The standard InChI is InChI=1S/C10H16BrN3S/c1-8-9(7-11)15-10(12-8)14-5-3-13(2)4-6-14/h3-7H2,1-2H3. The molecular formula is C10H16BrN3S. The number of halogens is 1. The van der Waals surface area contributed by atoms with Gasteiger partial charge in [-0.15, -0.1) is 11.3 Å². The number of likely N-dealkylation sites (N-methyl/N-ethyl adjacent to an activating group) is 1. The molecule has 84 valence electrons. The Morgan fingerprint density at radius 1 is 1.33 bits per heavy atom. The van der Waals surface area contributed by atoms with Crippen molar-refractivity contribution in [1.29, 1.82) is 0 Å². The van der Waals surface area contributed by atoms with E-state index >= 15 is 0 Å². The number of rotatable bonds is 2. The maximum Gasteiger partial charge on any atom is 0.185 e.